The van der Waals surface area contributed by atoms with Crippen LogP contribution in [-0.4, -0.2) is 22.9 Å². The van der Waals surface area contributed by atoms with Gasteiger partial charge in [-0.2, -0.15) is 5.10 Å². The maximum absolute atomic E-state index is 11.9. The Balaban J connectivity index is 1.46. The summed E-state index contributed by atoms with van der Waals surface area (Å²) in [4.78, 5) is 11.9. The highest BCUT2D eigenvalue weighted by Gasteiger charge is 2.04. The van der Waals surface area contributed by atoms with E-state index >= 15 is 0 Å². The molecule has 0 saturated heterocycles. The van der Waals surface area contributed by atoms with Crippen LogP contribution in [0.15, 0.2) is 67.0 Å². The average Bonchev–Trinajstić information content (AvgIpc) is 3.15. The zero-order valence-electron chi connectivity index (χ0n) is 14.0. The number of hydrogen-bond acceptors (Lipinski definition) is 3. The number of benzene rings is 2. The average molecular weight is 336 g/mol. The maximum Gasteiger partial charge on any atom is 0.315 e. The molecule has 2 aromatic carbocycles. The third-order valence-corrected chi connectivity index (χ3v) is 3.72. The van der Waals surface area contributed by atoms with Crippen molar-refractivity contribution in [1.82, 2.24) is 20.4 Å². The van der Waals surface area contributed by atoms with Crippen LogP contribution in [0.25, 0.3) is 5.69 Å². The number of rotatable bonds is 6. The fourth-order valence-corrected chi connectivity index (χ4v) is 2.34. The van der Waals surface area contributed by atoms with Crippen molar-refractivity contribution in [2.45, 2.75) is 13.1 Å². The highest BCUT2D eigenvalue weighted by Crippen LogP contribution is 2.11. The van der Waals surface area contributed by atoms with Crippen molar-refractivity contribution in [2.24, 2.45) is 0 Å². The lowest BCUT2D eigenvalue weighted by molar-refractivity contribution is 0.240. The lowest BCUT2D eigenvalue weighted by Gasteiger charge is -2.07. The second kappa shape index (κ2) is 8.01. The van der Waals surface area contributed by atoms with Crippen molar-refractivity contribution in [3.05, 3.63) is 78.1 Å². The number of nitrogens with one attached hydrogen (secondary N) is 2. The van der Waals surface area contributed by atoms with Gasteiger partial charge in [0.1, 0.15) is 5.75 Å². The predicted octanol–water partition coefficient (Wildman–Crippen LogP) is 2.88. The van der Waals surface area contributed by atoms with Crippen LogP contribution in [0, 0.1) is 0 Å². The van der Waals surface area contributed by atoms with Crippen molar-refractivity contribution >= 4 is 6.03 Å². The minimum Gasteiger partial charge on any atom is -0.497 e. The summed E-state index contributed by atoms with van der Waals surface area (Å²) in [5.74, 6) is 0.795. The Hall–Kier alpha value is -3.28. The van der Waals surface area contributed by atoms with Crippen LogP contribution in [0.1, 0.15) is 11.1 Å². The fourth-order valence-electron chi connectivity index (χ4n) is 2.34. The normalized spacial score (nSPS) is 10.3. The third-order valence-electron chi connectivity index (χ3n) is 3.72. The standard InChI is InChI=1S/C19H20N4O2/c1-25-18-9-7-15(8-10-18)11-20-19(24)21-12-16-13-22-23(14-16)17-5-3-2-4-6-17/h2-10,13-14H,11-12H2,1H3,(H2,20,21,24). The summed E-state index contributed by atoms with van der Waals surface area (Å²) in [5, 5.41) is 9.96. The predicted molar refractivity (Wildman–Crippen MR) is 95.6 cm³/mol. The van der Waals surface area contributed by atoms with Gasteiger partial charge in [0.05, 0.1) is 19.0 Å². The van der Waals surface area contributed by atoms with Crippen LogP contribution in [0.5, 0.6) is 5.75 Å². The first-order valence-corrected chi connectivity index (χ1v) is 7.98. The summed E-state index contributed by atoms with van der Waals surface area (Å²) in [7, 11) is 1.63. The Kier molecular flexibility index (Phi) is 5.31. The Bertz CT molecular complexity index is 813. The summed E-state index contributed by atoms with van der Waals surface area (Å²) in [6, 6.07) is 17.2. The minimum atomic E-state index is -0.219. The number of aromatic nitrogens is 2. The molecular weight excluding hydrogens is 316 g/mol. The van der Waals surface area contributed by atoms with Gasteiger partial charge < -0.3 is 15.4 Å². The van der Waals surface area contributed by atoms with E-state index in [1.807, 2.05) is 60.8 Å². The summed E-state index contributed by atoms with van der Waals surface area (Å²) in [6.45, 7) is 0.875. The molecule has 128 valence electrons. The molecule has 0 aliphatic heterocycles. The second-order valence-corrected chi connectivity index (χ2v) is 5.51. The fraction of sp³-hybridized carbons (Fsp3) is 0.158. The number of carbonyl (C=O) groups excluding carboxylic acids is 1. The summed E-state index contributed by atoms with van der Waals surface area (Å²) in [6.07, 6.45) is 3.65. The minimum absolute atomic E-state index is 0.219. The van der Waals surface area contributed by atoms with Crippen molar-refractivity contribution in [2.75, 3.05) is 7.11 Å². The van der Waals surface area contributed by atoms with Crippen molar-refractivity contribution in [1.29, 1.82) is 0 Å². The van der Waals surface area contributed by atoms with Crippen molar-refractivity contribution in [3.63, 3.8) is 0 Å². The van der Waals surface area contributed by atoms with E-state index in [9.17, 15) is 4.79 Å². The van der Waals surface area contributed by atoms with E-state index < -0.39 is 0 Å². The molecule has 0 aliphatic rings. The van der Waals surface area contributed by atoms with Gasteiger partial charge in [0.25, 0.3) is 0 Å². The molecule has 0 radical (unpaired) electrons. The SMILES string of the molecule is COc1ccc(CNC(=O)NCc2cnn(-c3ccccc3)c2)cc1. The molecule has 2 N–H and O–H groups in total. The lowest BCUT2D eigenvalue weighted by Crippen LogP contribution is -2.34. The Morgan fingerprint density at radius 1 is 1.00 bits per heavy atom. The lowest BCUT2D eigenvalue weighted by atomic mass is 10.2. The van der Waals surface area contributed by atoms with E-state index in [0.717, 1.165) is 22.6 Å². The molecule has 1 aromatic heterocycles. The van der Waals surface area contributed by atoms with Gasteiger partial charge >= 0.3 is 6.03 Å². The van der Waals surface area contributed by atoms with Crippen LogP contribution in [0.3, 0.4) is 0 Å². The van der Waals surface area contributed by atoms with Gasteiger partial charge in [-0.1, -0.05) is 30.3 Å². The first-order chi connectivity index (χ1) is 12.2. The number of hydrogen-bond donors (Lipinski definition) is 2. The summed E-state index contributed by atoms with van der Waals surface area (Å²) < 4.78 is 6.89. The molecule has 2 amide bonds. The van der Waals surface area contributed by atoms with Crippen LogP contribution in [0.4, 0.5) is 4.79 Å². The number of nitrogens with zero attached hydrogens (tertiary/aromatic N) is 2. The van der Waals surface area contributed by atoms with Gasteiger partial charge in [-0.3, -0.25) is 0 Å². The van der Waals surface area contributed by atoms with Gasteiger partial charge in [0.15, 0.2) is 0 Å². The largest absolute Gasteiger partial charge is 0.497 e. The Morgan fingerprint density at radius 3 is 2.36 bits per heavy atom. The highest BCUT2D eigenvalue weighted by molar-refractivity contribution is 5.73. The zero-order chi connectivity index (χ0) is 17.5. The molecule has 6 heteroatoms. The zero-order valence-corrected chi connectivity index (χ0v) is 14.0. The van der Waals surface area contributed by atoms with E-state index in [1.165, 1.54) is 0 Å². The van der Waals surface area contributed by atoms with Crippen molar-refractivity contribution < 1.29 is 9.53 Å². The van der Waals surface area contributed by atoms with E-state index in [0.29, 0.717) is 13.1 Å². The summed E-state index contributed by atoms with van der Waals surface area (Å²) >= 11 is 0. The molecule has 3 rings (SSSR count). The molecule has 0 aliphatic carbocycles. The molecule has 6 nitrogen and oxygen atoms in total. The van der Waals surface area contributed by atoms with Crippen LogP contribution < -0.4 is 15.4 Å². The van der Waals surface area contributed by atoms with E-state index in [2.05, 4.69) is 15.7 Å². The van der Waals surface area contributed by atoms with Gasteiger partial charge in [-0.15, -0.1) is 0 Å². The van der Waals surface area contributed by atoms with Gasteiger partial charge in [0.2, 0.25) is 0 Å². The molecular formula is C19H20N4O2. The quantitative estimate of drug-likeness (QED) is 0.727. The van der Waals surface area contributed by atoms with Gasteiger partial charge in [0, 0.05) is 24.8 Å². The number of ether oxygens (including phenoxy) is 1. The smallest absolute Gasteiger partial charge is 0.315 e. The molecule has 0 saturated carbocycles. The van der Waals surface area contributed by atoms with E-state index in [4.69, 9.17) is 4.74 Å². The molecule has 1 heterocycles. The molecule has 0 atom stereocenters. The van der Waals surface area contributed by atoms with Crippen LogP contribution in [-0.2, 0) is 13.1 Å². The number of para-hydroxylation sites is 1. The number of urea groups is 1. The topological polar surface area (TPSA) is 68.2 Å². The molecule has 0 unspecified atom stereocenters. The number of amides is 2. The molecule has 25 heavy (non-hydrogen) atoms. The monoisotopic (exact) mass is 336 g/mol. The second-order valence-electron chi connectivity index (χ2n) is 5.51. The maximum atomic E-state index is 11.9. The first-order valence-electron chi connectivity index (χ1n) is 7.98. The van der Waals surface area contributed by atoms with Crippen LogP contribution >= 0.6 is 0 Å². The molecule has 0 bridgehead atoms. The Morgan fingerprint density at radius 2 is 1.68 bits per heavy atom. The first kappa shape index (κ1) is 16.6. The molecule has 0 fully saturated rings. The van der Waals surface area contributed by atoms with E-state index in [1.54, 1.807) is 18.0 Å². The van der Waals surface area contributed by atoms with Crippen molar-refractivity contribution in [3.8, 4) is 11.4 Å². The molecule has 0 spiro atoms. The van der Waals surface area contributed by atoms with Crippen LogP contribution in [0.2, 0.25) is 0 Å². The van der Waals surface area contributed by atoms with E-state index in [-0.39, 0.29) is 6.03 Å². The van der Waals surface area contributed by atoms with Gasteiger partial charge in [-0.25, -0.2) is 9.48 Å². The number of carbonyl (C=O) groups is 1. The summed E-state index contributed by atoms with van der Waals surface area (Å²) in [5.41, 5.74) is 2.93. The van der Waals surface area contributed by atoms with Gasteiger partial charge in [-0.05, 0) is 29.8 Å². The Labute approximate surface area is 146 Å². The third kappa shape index (κ3) is 4.60. The highest BCUT2D eigenvalue weighted by atomic mass is 16.5. The number of methoxy groups -OCH3 is 1. The molecule has 3 aromatic rings.